The van der Waals surface area contributed by atoms with Crippen LogP contribution in [0.2, 0.25) is 0 Å². The van der Waals surface area contributed by atoms with Crippen LogP contribution >= 0.6 is 0 Å². The largest absolute Gasteiger partial charge is 0.355 e. The Morgan fingerprint density at radius 3 is 2.23 bits per heavy atom. The molecule has 144 valence electrons. The smallest absolute Gasteiger partial charge is 0.236 e. The molecule has 0 spiro atoms. The number of hydrogen-bond acceptors (Lipinski definition) is 4. The maximum Gasteiger partial charge on any atom is 0.236 e. The zero-order valence-electron chi connectivity index (χ0n) is 15.7. The molecule has 0 bridgehead atoms. The molecule has 2 amide bonds. The Morgan fingerprint density at radius 1 is 1.08 bits per heavy atom. The van der Waals surface area contributed by atoms with Crippen molar-refractivity contribution >= 4 is 11.8 Å². The molecule has 6 nitrogen and oxygen atoms in total. The molecular formula is C19H29FN4O2. The van der Waals surface area contributed by atoms with Crippen molar-refractivity contribution in [1.82, 2.24) is 20.0 Å². The standard InChI is InChI=1S/C19H29FN4O2/c1-3-8-21-18(25)14-23-9-11-24(12-10-23)15-19(26)22(2)13-16-4-6-17(20)7-5-16/h4-7H,3,8-15H2,1-2H3,(H,21,25). The number of rotatable bonds is 8. The van der Waals surface area contributed by atoms with Gasteiger partial charge < -0.3 is 10.2 Å². The van der Waals surface area contributed by atoms with E-state index in [1.54, 1.807) is 24.1 Å². The molecule has 1 heterocycles. The highest BCUT2D eigenvalue weighted by molar-refractivity contribution is 5.78. The number of carbonyl (C=O) groups excluding carboxylic acids is 2. The van der Waals surface area contributed by atoms with Crippen molar-refractivity contribution in [1.29, 1.82) is 0 Å². The van der Waals surface area contributed by atoms with Crippen molar-refractivity contribution < 1.29 is 14.0 Å². The molecule has 7 heteroatoms. The van der Waals surface area contributed by atoms with Crippen LogP contribution in [-0.4, -0.2) is 79.4 Å². The summed E-state index contributed by atoms with van der Waals surface area (Å²) in [6.45, 7) is 7.13. The second-order valence-electron chi connectivity index (χ2n) is 6.78. The molecule has 0 radical (unpaired) electrons. The normalized spacial score (nSPS) is 15.7. The summed E-state index contributed by atoms with van der Waals surface area (Å²) in [5.41, 5.74) is 0.908. The summed E-state index contributed by atoms with van der Waals surface area (Å²) in [5.74, 6) is -0.164. The molecule has 26 heavy (non-hydrogen) atoms. The summed E-state index contributed by atoms with van der Waals surface area (Å²) in [6, 6.07) is 6.20. The number of halogens is 1. The lowest BCUT2D eigenvalue weighted by Crippen LogP contribution is -2.51. The van der Waals surface area contributed by atoms with E-state index < -0.39 is 0 Å². The lowest BCUT2D eigenvalue weighted by Gasteiger charge is -2.34. The summed E-state index contributed by atoms with van der Waals surface area (Å²) in [7, 11) is 1.76. The van der Waals surface area contributed by atoms with Gasteiger partial charge in [-0.15, -0.1) is 0 Å². The highest BCUT2D eigenvalue weighted by Gasteiger charge is 2.21. The lowest BCUT2D eigenvalue weighted by molar-refractivity contribution is -0.132. The third-order valence-electron chi connectivity index (χ3n) is 4.52. The van der Waals surface area contributed by atoms with E-state index in [1.165, 1.54) is 12.1 Å². The first kappa shape index (κ1) is 20.3. The maximum absolute atomic E-state index is 12.9. The fourth-order valence-corrected chi connectivity index (χ4v) is 2.89. The fraction of sp³-hybridized carbons (Fsp3) is 0.579. The zero-order chi connectivity index (χ0) is 18.9. The van der Waals surface area contributed by atoms with Gasteiger partial charge >= 0.3 is 0 Å². The van der Waals surface area contributed by atoms with E-state index in [1.807, 2.05) is 6.92 Å². The molecule has 1 aromatic rings. The van der Waals surface area contributed by atoms with Crippen molar-refractivity contribution in [3.63, 3.8) is 0 Å². The first-order chi connectivity index (χ1) is 12.5. The van der Waals surface area contributed by atoms with E-state index in [9.17, 15) is 14.0 Å². The highest BCUT2D eigenvalue weighted by atomic mass is 19.1. The summed E-state index contributed by atoms with van der Waals surface area (Å²) in [4.78, 5) is 30.1. The summed E-state index contributed by atoms with van der Waals surface area (Å²) in [6.07, 6.45) is 0.938. The van der Waals surface area contributed by atoms with Crippen LogP contribution in [0.3, 0.4) is 0 Å². The van der Waals surface area contributed by atoms with Crippen LogP contribution in [0.4, 0.5) is 4.39 Å². The SMILES string of the molecule is CCCNC(=O)CN1CCN(CC(=O)N(C)Cc2ccc(F)cc2)CC1. The minimum Gasteiger partial charge on any atom is -0.355 e. The second-order valence-corrected chi connectivity index (χ2v) is 6.78. The first-order valence-electron chi connectivity index (χ1n) is 9.17. The Bertz CT molecular complexity index is 586. The number of carbonyl (C=O) groups is 2. The molecule has 0 aliphatic carbocycles. The van der Waals surface area contributed by atoms with Crippen molar-refractivity contribution in [2.24, 2.45) is 0 Å². The molecule has 1 aliphatic heterocycles. The van der Waals surface area contributed by atoms with Crippen LogP contribution < -0.4 is 5.32 Å². The monoisotopic (exact) mass is 364 g/mol. The molecule has 1 aromatic carbocycles. The molecule has 0 saturated carbocycles. The molecule has 2 rings (SSSR count). The highest BCUT2D eigenvalue weighted by Crippen LogP contribution is 2.07. The van der Waals surface area contributed by atoms with Crippen molar-refractivity contribution in [3.8, 4) is 0 Å². The summed E-state index contributed by atoms with van der Waals surface area (Å²) >= 11 is 0. The Labute approximate surface area is 154 Å². The van der Waals surface area contributed by atoms with Gasteiger partial charge in [0.15, 0.2) is 0 Å². The molecule has 1 fully saturated rings. The number of hydrogen-bond donors (Lipinski definition) is 1. The van der Waals surface area contributed by atoms with E-state index in [0.717, 1.165) is 38.2 Å². The number of amides is 2. The van der Waals surface area contributed by atoms with Gasteiger partial charge in [0, 0.05) is 46.3 Å². The number of likely N-dealkylation sites (N-methyl/N-ethyl adjacent to an activating group) is 1. The van der Waals surface area contributed by atoms with Crippen LogP contribution in [0.5, 0.6) is 0 Å². The second kappa shape index (κ2) is 10.2. The van der Waals surface area contributed by atoms with Crippen LogP contribution in [0.25, 0.3) is 0 Å². The molecule has 1 aliphatic rings. The van der Waals surface area contributed by atoms with E-state index in [-0.39, 0.29) is 17.6 Å². The Kier molecular flexibility index (Phi) is 8.00. The van der Waals surface area contributed by atoms with Gasteiger partial charge in [0.25, 0.3) is 0 Å². The third kappa shape index (κ3) is 6.72. The van der Waals surface area contributed by atoms with Crippen LogP contribution in [0, 0.1) is 5.82 Å². The lowest BCUT2D eigenvalue weighted by atomic mass is 10.2. The predicted molar refractivity (Wildman–Crippen MR) is 99.1 cm³/mol. The Hall–Kier alpha value is -1.99. The quantitative estimate of drug-likeness (QED) is 0.746. The minimum absolute atomic E-state index is 0.0449. The number of piperazine rings is 1. The molecule has 0 atom stereocenters. The fourth-order valence-electron chi connectivity index (χ4n) is 2.89. The van der Waals surface area contributed by atoms with Gasteiger partial charge in [-0.25, -0.2) is 4.39 Å². The predicted octanol–water partition coefficient (Wildman–Crippen LogP) is 0.928. The van der Waals surface area contributed by atoms with Gasteiger partial charge in [-0.2, -0.15) is 0 Å². The van der Waals surface area contributed by atoms with Crippen molar-refractivity contribution in [2.75, 3.05) is 52.9 Å². The summed E-state index contributed by atoms with van der Waals surface area (Å²) < 4.78 is 12.9. The number of benzene rings is 1. The molecule has 0 aromatic heterocycles. The minimum atomic E-state index is -0.274. The van der Waals surface area contributed by atoms with E-state index in [4.69, 9.17) is 0 Å². The molecule has 0 unspecified atom stereocenters. The van der Waals surface area contributed by atoms with Crippen LogP contribution in [-0.2, 0) is 16.1 Å². The number of nitrogens with one attached hydrogen (secondary N) is 1. The Morgan fingerprint density at radius 2 is 1.65 bits per heavy atom. The molecular weight excluding hydrogens is 335 g/mol. The van der Waals surface area contributed by atoms with Crippen molar-refractivity contribution in [3.05, 3.63) is 35.6 Å². The average molecular weight is 364 g/mol. The van der Waals surface area contributed by atoms with Gasteiger partial charge in [-0.05, 0) is 24.1 Å². The van der Waals surface area contributed by atoms with Gasteiger partial charge in [0.2, 0.25) is 11.8 Å². The number of nitrogens with zero attached hydrogens (tertiary/aromatic N) is 3. The van der Waals surface area contributed by atoms with E-state index in [0.29, 0.717) is 26.2 Å². The average Bonchev–Trinajstić information content (AvgIpc) is 2.63. The summed E-state index contributed by atoms with van der Waals surface area (Å²) in [5, 5.41) is 2.89. The molecule has 1 saturated heterocycles. The van der Waals surface area contributed by atoms with Gasteiger partial charge in [-0.1, -0.05) is 19.1 Å². The first-order valence-corrected chi connectivity index (χ1v) is 9.17. The van der Waals surface area contributed by atoms with Crippen molar-refractivity contribution in [2.45, 2.75) is 19.9 Å². The van der Waals surface area contributed by atoms with E-state index >= 15 is 0 Å². The van der Waals surface area contributed by atoms with Crippen LogP contribution in [0.15, 0.2) is 24.3 Å². The van der Waals surface area contributed by atoms with E-state index in [2.05, 4.69) is 15.1 Å². The maximum atomic E-state index is 12.9. The molecule has 1 N–H and O–H groups in total. The zero-order valence-corrected chi connectivity index (χ0v) is 15.7. The van der Waals surface area contributed by atoms with Gasteiger partial charge in [0.05, 0.1) is 13.1 Å². The third-order valence-corrected chi connectivity index (χ3v) is 4.52. The van der Waals surface area contributed by atoms with Crippen LogP contribution in [0.1, 0.15) is 18.9 Å². The topological polar surface area (TPSA) is 55.9 Å². The van der Waals surface area contributed by atoms with Gasteiger partial charge in [0.1, 0.15) is 5.82 Å². The van der Waals surface area contributed by atoms with Gasteiger partial charge in [-0.3, -0.25) is 19.4 Å². The Balaban J connectivity index is 1.70.